The largest absolute Gasteiger partial charge is 0.481 e. The van der Waals surface area contributed by atoms with Gasteiger partial charge in [-0.25, -0.2) is 4.79 Å². The third kappa shape index (κ3) is 4.12. The summed E-state index contributed by atoms with van der Waals surface area (Å²) in [6, 6.07) is -0.0767. The van der Waals surface area contributed by atoms with E-state index in [1.165, 1.54) is 12.8 Å². The molecule has 0 radical (unpaired) electrons. The number of hydrogen-bond donors (Lipinski definition) is 2. The Balaban J connectivity index is 1.93. The molecule has 5 nitrogen and oxygen atoms in total. The predicted octanol–water partition coefficient (Wildman–Crippen LogP) is 2.93. The van der Waals surface area contributed by atoms with E-state index in [-0.39, 0.29) is 18.4 Å². The molecule has 20 heavy (non-hydrogen) atoms. The normalized spacial score (nSPS) is 27.9. The van der Waals surface area contributed by atoms with Crippen molar-refractivity contribution in [3.8, 4) is 0 Å². The molecule has 0 heterocycles. The molecule has 2 unspecified atom stereocenters. The summed E-state index contributed by atoms with van der Waals surface area (Å²) >= 11 is 0. The van der Waals surface area contributed by atoms with Gasteiger partial charge in [-0.05, 0) is 64.2 Å². The van der Waals surface area contributed by atoms with Crippen LogP contribution < -0.4 is 5.32 Å². The molecule has 2 rings (SSSR count). The third-order valence-corrected chi connectivity index (χ3v) is 4.35. The van der Waals surface area contributed by atoms with Crippen molar-refractivity contribution < 1.29 is 19.4 Å². The summed E-state index contributed by atoms with van der Waals surface area (Å²) in [6.45, 7) is 5.46. The molecule has 0 aromatic carbocycles. The highest BCUT2D eigenvalue weighted by Crippen LogP contribution is 2.58. The molecule has 0 saturated heterocycles. The Morgan fingerprint density at radius 1 is 1.30 bits per heavy atom. The first kappa shape index (κ1) is 15.1. The standard InChI is InChI=1S/C15H25NO4/c1-14(2,3)20-13(19)16-11-4-5-15(6-7-15)9-10(11)8-12(17)18/h10-11H,4-9H2,1-3H3,(H,16,19)(H,17,18). The smallest absolute Gasteiger partial charge is 0.407 e. The first-order valence-corrected chi connectivity index (χ1v) is 7.40. The quantitative estimate of drug-likeness (QED) is 0.835. The van der Waals surface area contributed by atoms with E-state index in [9.17, 15) is 9.59 Å². The van der Waals surface area contributed by atoms with Crippen LogP contribution in [0, 0.1) is 11.3 Å². The Bertz CT molecular complexity index is 395. The van der Waals surface area contributed by atoms with E-state index in [4.69, 9.17) is 9.84 Å². The average molecular weight is 283 g/mol. The Hall–Kier alpha value is -1.26. The minimum Gasteiger partial charge on any atom is -0.481 e. The van der Waals surface area contributed by atoms with Crippen LogP contribution in [0.4, 0.5) is 4.79 Å². The fourth-order valence-electron chi connectivity index (χ4n) is 3.22. The van der Waals surface area contributed by atoms with Gasteiger partial charge in [-0.3, -0.25) is 4.79 Å². The highest BCUT2D eigenvalue weighted by molar-refractivity contribution is 5.69. The number of nitrogens with one attached hydrogen (secondary N) is 1. The molecule has 2 atom stereocenters. The number of alkyl carbamates (subject to hydrolysis) is 1. The fourth-order valence-corrected chi connectivity index (χ4v) is 3.22. The Morgan fingerprint density at radius 2 is 1.95 bits per heavy atom. The van der Waals surface area contributed by atoms with E-state index in [0.29, 0.717) is 5.41 Å². The number of ether oxygens (including phenoxy) is 1. The molecule has 2 N–H and O–H groups in total. The molecule has 114 valence electrons. The lowest BCUT2D eigenvalue weighted by Crippen LogP contribution is -2.46. The maximum atomic E-state index is 11.9. The minimum absolute atomic E-state index is 0.0243. The van der Waals surface area contributed by atoms with E-state index >= 15 is 0 Å². The van der Waals surface area contributed by atoms with Crippen molar-refractivity contribution in [2.75, 3.05) is 0 Å². The number of carboxylic acids is 1. The number of amides is 1. The number of carbonyl (C=O) groups is 2. The Morgan fingerprint density at radius 3 is 2.45 bits per heavy atom. The molecule has 1 spiro atoms. The molecule has 5 heteroatoms. The van der Waals surface area contributed by atoms with E-state index in [0.717, 1.165) is 19.3 Å². The van der Waals surface area contributed by atoms with Crippen LogP contribution in [0.5, 0.6) is 0 Å². The zero-order chi connectivity index (χ0) is 15.0. The highest BCUT2D eigenvalue weighted by Gasteiger charge is 2.49. The maximum absolute atomic E-state index is 11.9. The summed E-state index contributed by atoms with van der Waals surface area (Å²) in [4.78, 5) is 22.9. The minimum atomic E-state index is -0.788. The molecule has 0 bridgehead atoms. The summed E-state index contributed by atoms with van der Waals surface area (Å²) in [7, 11) is 0. The van der Waals surface area contributed by atoms with Crippen molar-refractivity contribution >= 4 is 12.1 Å². The van der Waals surface area contributed by atoms with Crippen molar-refractivity contribution in [2.45, 2.75) is 70.9 Å². The first-order valence-electron chi connectivity index (χ1n) is 7.40. The molecule has 0 aliphatic heterocycles. The fraction of sp³-hybridized carbons (Fsp3) is 0.867. The van der Waals surface area contributed by atoms with Gasteiger partial charge in [0, 0.05) is 6.04 Å². The van der Waals surface area contributed by atoms with Crippen LogP contribution in [0.2, 0.25) is 0 Å². The van der Waals surface area contributed by atoms with E-state index < -0.39 is 17.7 Å². The molecular weight excluding hydrogens is 258 g/mol. The predicted molar refractivity (Wildman–Crippen MR) is 74.4 cm³/mol. The van der Waals surface area contributed by atoms with Crippen molar-refractivity contribution in [2.24, 2.45) is 11.3 Å². The van der Waals surface area contributed by atoms with Gasteiger partial charge in [-0.1, -0.05) is 0 Å². The van der Waals surface area contributed by atoms with Crippen LogP contribution in [-0.4, -0.2) is 28.8 Å². The Kier molecular flexibility index (Phi) is 3.98. The highest BCUT2D eigenvalue weighted by atomic mass is 16.6. The lowest BCUT2D eigenvalue weighted by Gasteiger charge is -2.36. The van der Waals surface area contributed by atoms with Crippen molar-refractivity contribution in [1.82, 2.24) is 5.32 Å². The first-order chi connectivity index (χ1) is 9.19. The van der Waals surface area contributed by atoms with E-state index in [1.54, 1.807) is 0 Å². The SMILES string of the molecule is CC(C)(C)OC(=O)NC1CCC2(CC2)CC1CC(=O)O. The van der Waals surface area contributed by atoms with Crippen LogP contribution in [0.15, 0.2) is 0 Å². The second-order valence-corrected chi connectivity index (χ2v) is 7.35. The molecule has 2 fully saturated rings. The molecule has 1 amide bonds. The average Bonchev–Trinajstić information content (AvgIpc) is 2.99. The van der Waals surface area contributed by atoms with Gasteiger partial charge in [0.05, 0.1) is 6.42 Å². The summed E-state index contributed by atoms with van der Waals surface area (Å²) in [5.74, 6) is -0.764. The van der Waals surface area contributed by atoms with Crippen LogP contribution in [-0.2, 0) is 9.53 Å². The van der Waals surface area contributed by atoms with Crippen LogP contribution >= 0.6 is 0 Å². The van der Waals surface area contributed by atoms with Gasteiger partial charge in [-0.15, -0.1) is 0 Å². The molecule has 2 saturated carbocycles. The summed E-state index contributed by atoms with van der Waals surface area (Å²) < 4.78 is 5.26. The number of hydrogen-bond acceptors (Lipinski definition) is 3. The van der Waals surface area contributed by atoms with E-state index in [2.05, 4.69) is 5.32 Å². The van der Waals surface area contributed by atoms with Gasteiger partial charge in [0.15, 0.2) is 0 Å². The van der Waals surface area contributed by atoms with Crippen molar-refractivity contribution in [3.63, 3.8) is 0 Å². The van der Waals surface area contributed by atoms with E-state index in [1.807, 2.05) is 20.8 Å². The van der Waals surface area contributed by atoms with Gasteiger partial charge >= 0.3 is 12.1 Å². The second kappa shape index (κ2) is 5.26. The van der Waals surface area contributed by atoms with Crippen LogP contribution in [0.25, 0.3) is 0 Å². The third-order valence-electron chi connectivity index (χ3n) is 4.35. The van der Waals surface area contributed by atoms with Gasteiger partial charge in [0.1, 0.15) is 5.60 Å². The molecule has 2 aliphatic carbocycles. The number of carbonyl (C=O) groups excluding carboxylic acids is 1. The van der Waals surface area contributed by atoms with Gasteiger partial charge in [0.2, 0.25) is 0 Å². The van der Waals surface area contributed by atoms with Crippen LogP contribution in [0.1, 0.15) is 59.3 Å². The van der Waals surface area contributed by atoms with Gasteiger partial charge in [0.25, 0.3) is 0 Å². The number of rotatable bonds is 3. The summed E-state index contributed by atoms with van der Waals surface area (Å²) in [5, 5.41) is 11.9. The maximum Gasteiger partial charge on any atom is 0.407 e. The Labute approximate surface area is 120 Å². The zero-order valence-electron chi connectivity index (χ0n) is 12.6. The number of carboxylic acid groups (broad SMARTS) is 1. The summed E-state index contributed by atoms with van der Waals surface area (Å²) in [6.07, 6.45) is 4.97. The monoisotopic (exact) mass is 283 g/mol. The van der Waals surface area contributed by atoms with Gasteiger partial charge < -0.3 is 15.2 Å². The molecular formula is C15H25NO4. The van der Waals surface area contributed by atoms with Crippen LogP contribution in [0.3, 0.4) is 0 Å². The molecule has 0 aromatic heterocycles. The lowest BCUT2D eigenvalue weighted by molar-refractivity contribution is -0.138. The van der Waals surface area contributed by atoms with Crippen molar-refractivity contribution in [1.29, 1.82) is 0 Å². The molecule has 2 aliphatic rings. The number of aliphatic carboxylic acids is 1. The van der Waals surface area contributed by atoms with Gasteiger partial charge in [-0.2, -0.15) is 0 Å². The second-order valence-electron chi connectivity index (χ2n) is 7.35. The molecule has 0 aromatic rings. The lowest BCUT2D eigenvalue weighted by atomic mass is 9.74. The topological polar surface area (TPSA) is 75.6 Å². The summed E-state index contributed by atoms with van der Waals surface area (Å²) in [5.41, 5.74) is -0.148. The zero-order valence-corrected chi connectivity index (χ0v) is 12.6. The van der Waals surface area contributed by atoms with Crippen molar-refractivity contribution in [3.05, 3.63) is 0 Å².